The number of ether oxygens (including phenoxy) is 1. The summed E-state index contributed by atoms with van der Waals surface area (Å²) in [6.07, 6.45) is 1.53. The van der Waals surface area contributed by atoms with Gasteiger partial charge in [0.05, 0.1) is 17.3 Å². The van der Waals surface area contributed by atoms with Crippen molar-refractivity contribution in [1.29, 1.82) is 0 Å². The minimum atomic E-state index is -0.747. The maximum Gasteiger partial charge on any atom is 0.308 e. The number of imidazole rings is 1. The number of nitrogens with zero attached hydrogens (tertiary/aromatic N) is 2. The van der Waals surface area contributed by atoms with E-state index in [2.05, 4.69) is 4.98 Å². The zero-order valence-electron chi connectivity index (χ0n) is 18.1. The zero-order valence-corrected chi connectivity index (χ0v) is 18.1. The van der Waals surface area contributed by atoms with Crippen LogP contribution in [0.4, 0.5) is 5.95 Å². The second-order valence-electron chi connectivity index (χ2n) is 8.21. The number of aliphatic carboxylic acids is 1. The number of carboxylic acid groups (broad SMARTS) is 1. The molecule has 4 aromatic rings. The first kappa shape index (κ1) is 20.8. The minimum absolute atomic E-state index is 0.373. The second kappa shape index (κ2) is 9.20. The molecule has 2 N–H and O–H groups in total. The molecule has 3 aromatic carbocycles. The van der Waals surface area contributed by atoms with E-state index in [9.17, 15) is 9.90 Å². The first-order valence-corrected chi connectivity index (χ1v) is 11.1. The smallest absolute Gasteiger partial charge is 0.308 e. The third-order valence-corrected chi connectivity index (χ3v) is 5.93. The summed E-state index contributed by atoms with van der Waals surface area (Å²) in [7, 11) is 0. The van der Waals surface area contributed by atoms with E-state index in [-0.39, 0.29) is 5.92 Å². The van der Waals surface area contributed by atoms with Crippen LogP contribution < -0.4 is 9.64 Å². The topological polar surface area (TPSA) is 78.4 Å². The van der Waals surface area contributed by atoms with Crippen molar-refractivity contribution in [3.63, 3.8) is 0 Å². The van der Waals surface area contributed by atoms with Crippen LogP contribution in [0.1, 0.15) is 12.8 Å². The highest BCUT2D eigenvalue weighted by Gasteiger charge is 2.28. The number of hydrogen-bond donors (Lipinski definition) is 2. The number of para-hydroxylation sites is 1. The summed E-state index contributed by atoms with van der Waals surface area (Å²) >= 11 is 0. The number of aromatic amines is 1. The predicted molar refractivity (Wildman–Crippen MR) is 129 cm³/mol. The molecule has 0 amide bonds. The Bertz CT molecular complexity index is 1220. The van der Waals surface area contributed by atoms with E-state index in [1.165, 1.54) is 0 Å². The number of aromatic nitrogens is 2. The molecule has 1 saturated heterocycles. The summed E-state index contributed by atoms with van der Waals surface area (Å²) in [5, 5.41) is 9.48. The Morgan fingerprint density at radius 3 is 2.27 bits per heavy atom. The van der Waals surface area contributed by atoms with Crippen molar-refractivity contribution in [2.75, 3.05) is 18.0 Å². The maximum absolute atomic E-state index is 11.5. The molecule has 1 atom stereocenters. The molecule has 1 aliphatic heterocycles. The fourth-order valence-electron chi connectivity index (χ4n) is 4.21. The average molecular weight is 440 g/mol. The number of nitrogens with one attached hydrogen (secondary N) is 1. The maximum atomic E-state index is 11.5. The highest BCUT2D eigenvalue weighted by Crippen LogP contribution is 2.35. The molecule has 0 radical (unpaired) electrons. The summed E-state index contributed by atoms with van der Waals surface area (Å²) in [6, 6.07) is 27.6. The van der Waals surface area contributed by atoms with E-state index in [1.54, 1.807) is 0 Å². The van der Waals surface area contributed by atoms with Crippen LogP contribution in [-0.2, 0) is 4.79 Å². The molecular formula is C27H25N3O3. The van der Waals surface area contributed by atoms with Crippen LogP contribution in [-0.4, -0.2) is 34.1 Å². The molecular weight excluding hydrogens is 414 g/mol. The zero-order chi connectivity index (χ0) is 22.6. The first-order chi connectivity index (χ1) is 16.2. The van der Waals surface area contributed by atoms with E-state index in [0.717, 1.165) is 47.0 Å². The van der Waals surface area contributed by atoms with Gasteiger partial charge in [-0.15, -0.1) is 0 Å². The first-order valence-electron chi connectivity index (χ1n) is 11.1. The molecule has 166 valence electrons. The molecule has 0 saturated carbocycles. The van der Waals surface area contributed by atoms with E-state index >= 15 is 0 Å². The van der Waals surface area contributed by atoms with Crippen molar-refractivity contribution < 1.29 is 14.6 Å². The van der Waals surface area contributed by atoms with Crippen molar-refractivity contribution in [3.05, 3.63) is 84.9 Å². The van der Waals surface area contributed by atoms with Crippen LogP contribution in [0.5, 0.6) is 11.5 Å². The SMILES string of the molecule is O=C(O)[C@H]1CCCN(c2nc(-c3ccccc3)c(-c3ccc(Oc4ccccc4)cc3)[nH]2)C1. The van der Waals surface area contributed by atoms with Crippen molar-refractivity contribution in [1.82, 2.24) is 9.97 Å². The molecule has 5 rings (SSSR count). The van der Waals surface area contributed by atoms with E-state index in [0.29, 0.717) is 18.9 Å². The largest absolute Gasteiger partial charge is 0.481 e. The summed E-state index contributed by atoms with van der Waals surface area (Å²) in [5.41, 5.74) is 3.74. The van der Waals surface area contributed by atoms with Gasteiger partial charge in [0.2, 0.25) is 5.95 Å². The van der Waals surface area contributed by atoms with Gasteiger partial charge in [-0.05, 0) is 49.2 Å². The molecule has 0 unspecified atom stereocenters. The normalized spacial score (nSPS) is 15.9. The third-order valence-electron chi connectivity index (χ3n) is 5.93. The Hall–Kier alpha value is -4.06. The number of anilines is 1. The highest BCUT2D eigenvalue weighted by molar-refractivity contribution is 5.80. The number of benzene rings is 3. The quantitative estimate of drug-likeness (QED) is 0.395. The fourth-order valence-corrected chi connectivity index (χ4v) is 4.21. The van der Waals surface area contributed by atoms with Gasteiger partial charge < -0.3 is 19.7 Å². The lowest BCUT2D eigenvalue weighted by Gasteiger charge is -2.30. The highest BCUT2D eigenvalue weighted by atomic mass is 16.5. The van der Waals surface area contributed by atoms with Gasteiger partial charge in [-0.1, -0.05) is 48.5 Å². The van der Waals surface area contributed by atoms with Gasteiger partial charge in [0.15, 0.2) is 0 Å². The number of piperidine rings is 1. The van der Waals surface area contributed by atoms with Gasteiger partial charge in [0.1, 0.15) is 11.5 Å². The summed E-state index contributed by atoms with van der Waals surface area (Å²) in [4.78, 5) is 22.0. The lowest BCUT2D eigenvalue weighted by atomic mass is 9.99. The van der Waals surface area contributed by atoms with Gasteiger partial charge >= 0.3 is 5.97 Å². The number of hydrogen-bond acceptors (Lipinski definition) is 4. The lowest BCUT2D eigenvalue weighted by Crippen LogP contribution is -2.39. The molecule has 0 bridgehead atoms. The van der Waals surface area contributed by atoms with Crippen LogP contribution in [0.15, 0.2) is 84.9 Å². The summed E-state index contributed by atoms with van der Waals surface area (Å²) in [6.45, 7) is 1.25. The van der Waals surface area contributed by atoms with Crippen molar-refractivity contribution in [2.45, 2.75) is 12.8 Å². The van der Waals surface area contributed by atoms with Crippen LogP contribution in [0.3, 0.4) is 0 Å². The number of carboxylic acids is 1. The summed E-state index contributed by atoms with van der Waals surface area (Å²) < 4.78 is 5.93. The molecule has 1 fully saturated rings. The van der Waals surface area contributed by atoms with Gasteiger partial charge in [-0.25, -0.2) is 4.98 Å². The predicted octanol–water partition coefficient (Wildman–Crippen LogP) is 5.84. The van der Waals surface area contributed by atoms with Gasteiger partial charge in [0.25, 0.3) is 0 Å². The number of carbonyl (C=O) groups is 1. The molecule has 1 aliphatic rings. The molecule has 6 nitrogen and oxygen atoms in total. The number of H-pyrrole nitrogens is 1. The number of rotatable bonds is 6. The monoisotopic (exact) mass is 439 g/mol. The Kier molecular flexibility index (Phi) is 5.81. The van der Waals surface area contributed by atoms with E-state index in [4.69, 9.17) is 9.72 Å². The standard InChI is InChI=1S/C27H25N3O3/c31-26(32)21-10-7-17-30(18-21)27-28-24(19-8-3-1-4-9-19)25(29-27)20-13-15-23(16-14-20)33-22-11-5-2-6-12-22/h1-6,8-9,11-16,21H,7,10,17-18H2,(H,28,29)(H,31,32)/t21-/m0/s1. The van der Waals surface area contributed by atoms with E-state index in [1.807, 2.05) is 89.8 Å². The minimum Gasteiger partial charge on any atom is -0.481 e. The van der Waals surface area contributed by atoms with Crippen LogP contribution in [0.25, 0.3) is 22.5 Å². The van der Waals surface area contributed by atoms with Gasteiger partial charge in [-0.3, -0.25) is 4.79 Å². The van der Waals surface area contributed by atoms with E-state index < -0.39 is 5.97 Å². The Morgan fingerprint density at radius 1 is 0.909 bits per heavy atom. The van der Waals surface area contributed by atoms with Crippen LogP contribution in [0.2, 0.25) is 0 Å². The average Bonchev–Trinajstić information content (AvgIpc) is 3.31. The molecule has 33 heavy (non-hydrogen) atoms. The molecule has 2 heterocycles. The Morgan fingerprint density at radius 2 is 1.58 bits per heavy atom. The Balaban J connectivity index is 1.47. The molecule has 1 aromatic heterocycles. The van der Waals surface area contributed by atoms with Crippen molar-refractivity contribution in [3.8, 4) is 34.0 Å². The molecule has 0 spiro atoms. The van der Waals surface area contributed by atoms with Crippen molar-refractivity contribution in [2.24, 2.45) is 5.92 Å². The van der Waals surface area contributed by atoms with Gasteiger partial charge in [-0.2, -0.15) is 0 Å². The lowest BCUT2D eigenvalue weighted by molar-refractivity contribution is -0.141. The molecule has 0 aliphatic carbocycles. The fraction of sp³-hybridized carbons (Fsp3) is 0.185. The third kappa shape index (κ3) is 4.60. The second-order valence-corrected chi connectivity index (χ2v) is 8.21. The Labute approximate surface area is 192 Å². The summed E-state index contributed by atoms with van der Waals surface area (Å²) in [5.74, 6) is 1.13. The molecule has 6 heteroatoms. The van der Waals surface area contributed by atoms with Crippen molar-refractivity contribution >= 4 is 11.9 Å². The van der Waals surface area contributed by atoms with Gasteiger partial charge in [0, 0.05) is 24.2 Å². The van der Waals surface area contributed by atoms with Crippen LogP contribution >= 0.6 is 0 Å². The van der Waals surface area contributed by atoms with Crippen LogP contribution in [0, 0.1) is 5.92 Å².